The number of amides is 4. The Kier molecular flexibility index (Phi) is 14.6. The van der Waals surface area contributed by atoms with Crippen LogP contribution in [0.25, 0.3) is 38.4 Å². The van der Waals surface area contributed by atoms with Crippen molar-refractivity contribution in [3.8, 4) is 32.7 Å². The van der Waals surface area contributed by atoms with Gasteiger partial charge in [-0.2, -0.15) is 0 Å². The van der Waals surface area contributed by atoms with E-state index in [0.717, 1.165) is 11.3 Å². The fraction of sp³-hybridized carbons (Fsp3) is 0.297. The number of hydrogen-bond acceptors (Lipinski definition) is 19. The van der Waals surface area contributed by atoms with Crippen LogP contribution in [0.15, 0.2) is 45.1 Å². The number of carbonyl (C=O) groups excluding carboxylic acids is 4. The highest BCUT2D eigenvalue weighted by molar-refractivity contribution is 7.14. The van der Waals surface area contributed by atoms with E-state index < -0.39 is 49.1 Å². The summed E-state index contributed by atoms with van der Waals surface area (Å²) in [5.41, 5.74) is 7.84. The summed E-state index contributed by atoms with van der Waals surface area (Å²) in [7, 11) is -1.76. The summed E-state index contributed by atoms with van der Waals surface area (Å²) in [5, 5.41) is 58.1. The molecule has 6 aromatic rings. The molecule has 0 aliphatic heterocycles. The molecular weight excluding hydrogens is 884 g/mol. The molecule has 6 aromatic heterocycles. The number of nitrogens with one attached hydrogen (secondary N) is 3. The largest absolute Gasteiger partial charge is 0.509 e. The lowest BCUT2D eigenvalue weighted by molar-refractivity contribution is -0.121. The van der Waals surface area contributed by atoms with Gasteiger partial charge in [-0.25, -0.2) is 29.9 Å². The van der Waals surface area contributed by atoms with Gasteiger partial charge >= 0.3 is 7.12 Å². The summed E-state index contributed by atoms with van der Waals surface area (Å²) in [4.78, 5) is 78.4. The van der Waals surface area contributed by atoms with Crippen molar-refractivity contribution in [2.75, 3.05) is 0 Å². The molecular formula is C37H39BN10O8S5. The van der Waals surface area contributed by atoms with Crippen molar-refractivity contribution in [3.63, 3.8) is 0 Å². The highest BCUT2D eigenvalue weighted by Crippen LogP contribution is 2.37. The van der Waals surface area contributed by atoms with Crippen LogP contribution in [0.2, 0.25) is 0 Å². The lowest BCUT2D eigenvalue weighted by Crippen LogP contribution is -2.35. The van der Waals surface area contributed by atoms with Gasteiger partial charge in [0.05, 0.1) is 41.7 Å². The van der Waals surface area contributed by atoms with E-state index in [4.69, 9.17) is 15.7 Å². The number of hydrogen-bond donors (Lipinski definition) is 8. The Morgan fingerprint density at radius 2 is 1.38 bits per heavy atom. The van der Waals surface area contributed by atoms with Crippen LogP contribution in [0.5, 0.6) is 0 Å². The average molecular weight is 923 g/mol. The predicted molar refractivity (Wildman–Crippen MR) is 235 cm³/mol. The van der Waals surface area contributed by atoms with E-state index in [2.05, 4.69) is 35.9 Å². The summed E-state index contributed by atoms with van der Waals surface area (Å²) in [6, 6.07) is 1.84. The maximum Gasteiger partial charge on any atom is 0.509 e. The minimum Gasteiger partial charge on any atom is -0.422 e. The zero-order chi connectivity index (χ0) is 44.1. The molecule has 1 unspecified atom stereocenters. The minimum absolute atomic E-state index is 0.0600. The molecule has 0 radical (unpaired) electrons. The SMILES string of the molecule is C/C=C(\NC(=O)C[C@@H](C)O)c1nc(C(=O)NC(c2nc(C(=O)N[C@H](c3nc(-c4nc(-c5nc(B(O)O)cs5)ccc4-c4nc(C(N)=O)cs4)cs3)[C@@H](C)O)cs2)C(C)C)cs1. The van der Waals surface area contributed by atoms with Gasteiger partial charge < -0.3 is 41.9 Å². The average Bonchev–Trinajstić information content (AvgIpc) is 4.07. The standard InChI is InChI=1S/C37H39BN10O8S5/c1-6-19(40-26(51)9-16(4)49)34-44-23(12-58-34)31(53)47-27(15(2)3)36-45-24(13-60-36)32(54)48-28(17(5)50)37-42-21(10-59-37)29-18(33-43-22(11-57-33)30(39)52)7-8-20(41-29)35-46-25(14-61-35)38(55)56/h6-8,10-17,27-28,49-50,55-56H,9H2,1-5H3,(H2,39,52)(H,40,51)(H,47,53)(H,48,54)/b19-6-/t16-,17-,27?,28+/m1/s1. The number of thiazole rings is 5. The van der Waals surface area contributed by atoms with Crippen LogP contribution in [-0.4, -0.2) is 93.1 Å². The smallest absolute Gasteiger partial charge is 0.422 e. The Morgan fingerprint density at radius 3 is 2.00 bits per heavy atom. The van der Waals surface area contributed by atoms with E-state index in [1.807, 2.05) is 13.8 Å². The number of rotatable bonds is 17. The van der Waals surface area contributed by atoms with Crippen LogP contribution in [0.1, 0.15) is 99.6 Å². The Labute approximate surface area is 368 Å². The highest BCUT2D eigenvalue weighted by Gasteiger charge is 2.29. The molecule has 0 saturated heterocycles. The minimum atomic E-state index is -1.76. The topological polar surface area (TPSA) is 289 Å². The third-order valence-corrected chi connectivity index (χ3v) is 13.2. The normalized spacial score (nSPS) is 13.7. The fourth-order valence-corrected chi connectivity index (χ4v) is 10.0. The Morgan fingerprint density at radius 1 is 0.738 bits per heavy atom. The Bertz CT molecular complexity index is 2580. The van der Waals surface area contributed by atoms with Crippen LogP contribution < -0.4 is 27.3 Å². The van der Waals surface area contributed by atoms with Crippen LogP contribution >= 0.6 is 56.7 Å². The molecule has 318 valence electrons. The second-order valence-electron chi connectivity index (χ2n) is 13.8. The van der Waals surface area contributed by atoms with E-state index in [0.29, 0.717) is 53.4 Å². The molecule has 61 heavy (non-hydrogen) atoms. The van der Waals surface area contributed by atoms with E-state index >= 15 is 0 Å². The maximum atomic E-state index is 13.7. The summed E-state index contributed by atoms with van der Waals surface area (Å²) in [6.45, 7) is 8.53. The number of allylic oxidation sites excluding steroid dienone is 1. The molecule has 0 spiro atoms. The molecule has 24 heteroatoms. The van der Waals surface area contributed by atoms with Crippen molar-refractivity contribution in [1.82, 2.24) is 45.9 Å². The van der Waals surface area contributed by atoms with Gasteiger partial charge in [0.15, 0.2) is 0 Å². The quantitative estimate of drug-likeness (QED) is 0.0609. The van der Waals surface area contributed by atoms with Gasteiger partial charge in [-0.05, 0) is 38.8 Å². The van der Waals surface area contributed by atoms with Crippen molar-refractivity contribution in [2.24, 2.45) is 11.7 Å². The van der Waals surface area contributed by atoms with Crippen molar-refractivity contribution in [2.45, 2.75) is 65.3 Å². The van der Waals surface area contributed by atoms with E-state index in [-0.39, 0.29) is 40.9 Å². The molecule has 0 aliphatic rings. The molecule has 0 saturated carbocycles. The van der Waals surface area contributed by atoms with Crippen molar-refractivity contribution in [3.05, 3.63) is 77.2 Å². The third-order valence-electron chi connectivity index (χ3n) is 8.67. The molecule has 0 aliphatic carbocycles. The molecule has 4 atom stereocenters. The van der Waals surface area contributed by atoms with Crippen LogP contribution in [0.3, 0.4) is 0 Å². The first-order chi connectivity index (χ1) is 29.0. The number of nitrogens with two attached hydrogens (primary N) is 1. The third kappa shape index (κ3) is 10.8. The summed E-state index contributed by atoms with van der Waals surface area (Å²) in [6.07, 6.45) is -0.354. The Balaban J connectivity index is 1.20. The number of primary amides is 1. The second kappa shape index (κ2) is 19.7. The zero-order valence-electron chi connectivity index (χ0n) is 33.0. The molecule has 18 nitrogen and oxygen atoms in total. The monoisotopic (exact) mass is 922 g/mol. The summed E-state index contributed by atoms with van der Waals surface area (Å²) >= 11 is 5.87. The van der Waals surface area contributed by atoms with Crippen LogP contribution in [-0.2, 0) is 4.79 Å². The molecule has 0 aromatic carbocycles. The number of nitrogens with zero attached hydrogens (tertiary/aromatic N) is 6. The first kappa shape index (κ1) is 45.4. The van der Waals surface area contributed by atoms with E-state index in [1.165, 1.54) is 70.0 Å². The van der Waals surface area contributed by atoms with Gasteiger partial charge in [-0.15, -0.1) is 56.7 Å². The molecule has 4 amide bonds. The number of pyridine rings is 1. The van der Waals surface area contributed by atoms with Gasteiger partial charge in [0.25, 0.3) is 17.7 Å². The van der Waals surface area contributed by atoms with Crippen LogP contribution in [0, 0.1) is 5.92 Å². The zero-order valence-corrected chi connectivity index (χ0v) is 37.1. The number of aromatic nitrogens is 6. The number of aliphatic hydroxyl groups is 2. The van der Waals surface area contributed by atoms with Crippen molar-refractivity contribution in [1.29, 1.82) is 0 Å². The molecule has 0 bridgehead atoms. The molecule has 6 heterocycles. The van der Waals surface area contributed by atoms with Gasteiger partial charge in [0.1, 0.15) is 59.5 Å². The molecule has 9 N–H and O–H groups in total. The van der Waals surface area contributed by atoms with Gasteiger partial charge in [-0.1, -0.05) is 19.9 Å². The highest BCUT2D eigenvalue weighted by atomic mass is 32.1. The summed E-state index contributed by atoms with van der Waals surface area (Å²) < 4.78 is 0. The second-order valence-corrected chi connectivity index (χ2v) is 18.2. The van der Waals surface area contributed by atoms with Crippen LogP contribution in [0.4, 0.5) is 0 Å². The number of aliphatic hydroxyl groups excluding tert-OH is 2. The van der Waals surface area contributed by atoms with Crippen molar-refractivity contribution < 1.29 is 39.4 Å². The van der Waals surface area contributed by atoms with Gasteiger partial charge in [-0.3, -0.25) is 19.2 Å². The predicted octanol–water partition coefficient (Wildman–Crippen LogP) is 3.37. The first-order valence-electron chi connectivity index (χ1n) is 18.4. The molecule has 0 fully saturated rings. The lowest BCUT2D eigenvalue weighted by Gasteiger charge is -2.20. The van der Waals surface area contributed by atoms with Gasteiger partial charge in [0, 0.05) is 32.5 Å². The van der Waals surface area contributed by atoms with E-state index in [9.17, 15) is 39.4 Å². The van der Waals surface area contributed by atoms with Crippen molar-refractivity contribution >= 4 is 98.7 Å². The van der Waals surface area contributed by atoms with Gasteiger partial charge in [0.2, 0.25) is 5.91 Å². The van der Waals surface area contributed by atoms with E-state index in [1.54, 1.807) is 41.3 Å². The first-order valence-corrected chi connectivity index (χ1v) is 22.8. The summed E-state index contributed by atoms with van der Waals surface area (Å²) in [5.74, 6) is -2.29. The fourth-order valence-electron chi connectivity index (χ4n) is 5.61. The maximum absolute atomic E-state index is 13.7. The lowest BCUT2D eigenvalue weighted by atomic mass is 9.88. The molecule has 6 rings (SSSR count). The Hall–Kier alpha value is -5.18. The number of carbonyl (C=O) groups is 4.